The number of piperazine rings is 1. The van der Waals surface area contributed by atoms with Gasteiger partial charge < -0.3 is 5.32 Å². The summed E-state index contributed by atoms with van der Waals surface area (Å²) in [5.74, 6) is -0.00964. The van der Waals surface area contributed by atoms with Gasteiger partial charge >= 0.3 is 0 Å². The SMILES string of the molecule is CCC(C)C1NC(=O)C(CC)N(c2ccc(C)nc2)C1=O. The summed E-state index contributed by atoms with van der Waals surface area (Å²) in [5, 5.41) is 2.88. The van der Waals surface area contributed by atoms with Crippen molar-refractivity contribution >= 4 is 17.5 Å². The van der Waals surface area contributed by atoms with Crippen molar-refractivity contribution in [2.45, 2.75) is 52.6 Å². The highest BCUT2D eigenvalue weighted by atomic mass is 16.2. The van der Waals surface area contributed by atoms with Crippen LogP contribution in [0.1, 0.15) is 39.3 Å². The molecule has 2 heterocycles. The molecule has 5 nitrogen and oxygen atoms in total. The molecule has 3 unspecified atom stereocenters. The number of amides is 2. The lowest BCUT2D eigenvalue weighted by molar-refractivity contribution is -0.135. The number of hydrogen-bond donors (Lipinski definition) is 1. The Balaban J connectivity index is 2.39. The standard InChI is InChI=1S/C16H23N3O2/c1-5-10(3)14-16(21)19(13(6-2)15(20)18-14)12-8-7-11(4)17-9-12/h7-10,13-14H,5-6H2,1-4H3,(H,18,20). The monoisotopic (exact) mass is 289 g/mol. The van der Waals surface area contributed by atoms with Gasteiger partial charge in [0, 0.05) is 5.69 Å². The molecule has 0 saturated carbocycles. The molecule has 0 bridgehead atoms. The Morgan fingerprint density at radius 3 is 2.57 bits per heavy atom. The summed E-state index contributed by atoms with van der Waals surface area (Å²) in [6.45, 7) is 7.82. The number of nitrogens with zero attached hydrogens (tertiary/aromatic N) is 2. The molecule has 1 fully saturated rings. The molecular weight excluding hydrogens is 266 g/mol. The lowest BCUT2D eigenvalue weighted by Crippen LogP contribution is -2.65. The molecule has 0 spiro atoms. The van der Waals surface area contributed by atoms with Crippen LogP contribution in [0.15, 0.2) is 18.3 Å². The fourth-order valence-electron chi connectivity index (χ4n) is 2.63. The fraction of sp³-hybridized carbons (Fsp3) is 0.562. The molecule has 21 heavy (non-hydrogen) atoms. The van der Waals surface area contributed by atoms with Gasteiger partial charge in [-0.05, 0) is 31.4 Å². The molecule has 2 rings (SSSR count). The molecule has 0 aromatic carbocycles. The minimum atomic E-state index is -0.456. The Hall–Kier alpha value is -1.91. The number of carbonyl (C=O) groups is 2. The van der Waals surface area contributed by atoms with Crippen LogP contribution < -0.4 is 10.2 Å². The maximum atomic E-state index is 12.8. The van der Waals surface area contributed by atoms with Crippen molar-refractivity contribution < 1.29 is 9.59 Å². The van der Waals surface area contributed by atoms with Crippen molar-refractivity contribution in [2.75, 3.05) is 4.90 Å². The van der Waals surface area contributed by atoms with Crippen LogP contribution in [0.5, 0.6) is 0 Å². The fourth-order valence-corrected chi connectivity index (χ4v) is 2.63. The first-order valence-corrected chi connectivity index (χ1v) is 7.55. The predicted molar refractivity (Wildman–Crippen MR) is 81.9 cm³/mol. The van der Waals surface area contributed by atoms with Gasteiger partial charge in [-0.2, -0.15) is 0 Å². The number of aryl methyl sites for hydroxylation is 1. The summed E-state index contributed by atoms with van der Waals surface area (Å²) < 4.78 is 0. The van der Waals surface area contributed by atoms with Crippen LogP contribution in [-0.2, 0) is 9.59 Å². The van der Waals surface area contributed by atoms with Gasteiger partial charge in [0.25, 0.3) is 5.91 Å². The number of rotatable bonds is 4. The largest absolute Gasteiger partial charge is 0.342 e. The topological polar surface area (TPSA) is 62.3 Å². The van der Waals surface area contributed by atoms with Crippen molar-refractivity contribution in [3.8, 4) is 0 Å². The minimum absolute atomic E-state index is 0.0403. The summed E-state index contributed by atoms with van der Waals surface area (Å²) in [6.07, 6.45) is 3.09. The van der Waals surface area contributed by atoms with E-state index < -0.39 is 12.1 Å². The van der Waals surface area contributed by atoms with Gasteiger partial charge in [0.15, 0.2) is 0 Å². The quantitative estimate of drug-likeness (QED) is 0.922. The first-order valence-electron chi connectivity index (χ1n) is 7.55. The summed E-state index contributed by atoms with van der Waals surface area (Å²) in [5.41, 5.74) is 1.58. The number of nitrogens with one attached hydrogen (secondary N) is 1. The van der Waals surface area contributed by atoms with E-state index in [0.717, 1.165) is 12.1 Å². The zero-order valence-corrected chi connectivity index (χ0v) is 13.1. The number of carbonyl (C=O) groups excluding carboxylic acids is 2. The number of aromatic nitrogens is 1. The van der Waals surface area contributed by atoms with Gasteiger partial charge in [0.05, 0.1) is 11.9 Å². The van der Waals surface area contributed by atoms with Crippen molar-refractivity contribution in [3.63, 3.8) is 0 Å². The van der Waals surface area contributed by atoms with Gasteiger partial charge in [0.1, 0.15) is 12.1 Å². The Bertz CT molecular complexity index is 527. The molecule has 0 radical (unpaired) electrons. The lowest BCUT2D eigenvalue weighted by atomic mass is 9.93. The molecule has 3 atom stereocenters. The Kier molecular flexibility index (Phi) is 4.60. The van der Waals surface area contributed by atoms with Crippen molar-refractivity contribution in [1.82, 2.24) is 10.3 Å². The van der Waals surface area contributed by atoms with Crippen molar-refractivity contribution in [1.29, 1.82) is 0 Å². The van der Waals surface area contributed by atoms with Crippen LogP contribution in [0.3, 0.4) is 0 Å². The van der Waals surface area contributed by atoms with E-state index in [1.54, 1.807) is 11.1 Å². The number of pyridine rings is 1. The van der Waals surface area contributed by atoms with E-state index in [0.29, 0.717) is 12.1 Å². The second-order valence-corrected chi connectivity index (χ2v) is 5.66. The van der Waals surface area contributed by atoms with Crippen molar-refractivity contribution in [3.05, 3.63) is 24.0 Å². The average molecular weight is 289 g/mol. The molecule has 5 heteroatoms. The molecule has 1 aliphatic heterocycles. The highest BCUT2D eigenvalue weighted by Gasteiger charge is 2.42. The molecule has 0 aliphatic carbocycles. The van der Waals surface area contributed by atoms with E-state index in [1.165, 1.54) is 0 Å². The molecule has 1 aromatic rings. The summed E-state index contributed by atoms with van der Waals surface area (Å²) in [7, 11) is 0. The van der Waals surface area contributed by atoms with Crippen LogP contribution in [0.25, 0.3) is 0 Å². The average Bonchev–Trinajstić information content (AvgIpc) is 2.49. The summed E-state index contributed by atoms with van der Waals surface area (Å²) in [4.78, 5) is 31.0. The molecule has 1 N–H and O–H groups in total. The van der Waals surface area contributed by atoms with Crippen LogP contribution in [-0.4, -0.2) is 28.9 Å². The van der Waals surface area contributed by atoms with E-state index in [1.807, 2.05) is 39.8 Å². The van der Waals surface area contributed by atoms with E-state index in [-0.39, 0.29) is 17.7 Å². The second-order valence-electron chi connectivity index (χ2n) is 5.66. The molecule has 1 aromatic heterocycles. The van der Waals surface area contributed by atoms with Gasteiger partial charge in [-0.25, -0.2) is 0 Å². The maximum absolute atomic E-state index is 12.8. The molecule has 1 saturated heterocycles. The minimum Gasteiger partial charge on any atom is -0.342 e. The summed E-state index contributed by atoms with van der Waals surface area (Å²) >= 11 is 0. The Morgan fingerprint density at radius 1 is 1.33 bits per heavy atom. The third kappa shape index (κ3) is 2.91. The lowest BCUT2D eigenvalue weighted by Gasteiger charge is -2.40. The number of anilines is 1. The maximum Gasteiger partial charge on any atom is 0.250 e. The van der Waals surface area contributed by atoms with Crippen LogP contribution in [0.4, 0.5) is 5.69 Å². The zero-order valence-electron chi connectivity index (χ0n) is 13.1. The Morgan fingerprint density at radius 2 is 2.05 bits per heavy atom. The van der Waals surface area contributed by atoms with Gasteiger partial charge in [-0.15, -0.1) is 0 Å². The van der Waals surface area contributed by atoms with E-state index in [9.17, 15) is 9.59 Å². The van der Waals surface area contributed by atoms with E-state index in [2.05, 4.69) is 10.3 Å². The van der Waals surface area contributed by atoms with Crippen LogP contribution in [0, 0.1) is 12.8 Å². The molecule has 114 valence electrons. The smallest absolute Gasteiger partial charge is 0.250 e. The van der Waals surface area contributed by atoms with Crippen LogP contribution >= 0.6 is 0 Å². The number of hydrogen-bond acceptors (Lipinski definition) is 3. The van der Waals surface area contributed by atoms with Gasteiger partial charge in [-0.3, -0.25) is 19.5 Å². The van der Waals surface area contributed by atoms with E-state index in [4.69, 9.17) is 0 Å². The third-order valence-electron chi connectivity index (χ3n) is 4.19. The summed E-state index contributed by atoms with van der Waals surface area (Å²) in [6, 6.07) is 2.81. The van der Waals surface area contributed by atoms with Crippen LogP contribution in [0.2, 0.25) is 0 Å². The van der Waals surface area contributed by atoms with E-state index >= 15 is 0 Å². The predicted octanol–water partition coefficient (Wildman–Crippen LogP) is 2.05. The molecule has 2 amide bonds. The molecule has 1 aliphatic rings. The Labute approximate surface area is 125 Å². The molecular formula is C16H23N3O2. The van der Waals surface area contributed by atoms with Crippen molar-refractivity contribution in [2.24, 2.45) is 5.92 Å². The third-order valence-corrected chi connectivity index (χ3v) is 4.19. The van der Waals surface area contributed by atoms with Gasteiger partial charge in [-0.1, -0.05) is 27.2 Å². The first kappa shape index (κ1) is 15.5. The second kappa shape index (κ2) is 6.24. The highest BCUT2D eigenvalue weighted by molar-refractivity contribution is 6.08. The van der Waals surface area contributed by atoms with Gasteiger partial charge in [0.2, 0.25) is 5.91 Å². The highest BCUT2D eigenvalue weighted by Crippen LogP contribution is 2.25. The first-order chi connectivity index (χ1) is 9.99. The zero-order chi connectivity index (χ0) is 15.6. The normalized spacial score (nSPS) is 23.9.